The summed E-state index contributed by atoms with van der Waals surface area (Å²) in [7, 11) is 0. The van der Waals surface area contributed by atoms with E-state index in [0.29, 0.717) is 0 Å². The second-order valence-electron chi connectivity index (χ2n) is 5.47. The molecule has 3 rings (SSSR count). The third-order valence-electron chi connectivity index (χ3n) is 4.12. The Bertz CT molecular complexity index is 713. The van der Waals surface area contributed by atoms with E-state index in [0.717, 1.165) is 0 Å². The van der Waals surface area contributed by atoms with Crippen LogP contribution in [0.3, 0.4) is 0 Å². The molecule has 0 bridgehead atoms. The normalized spacial score (nSPS) is 32.0. The van der Waals surface area contributed by atoms with Crippen molar-refractivity contribution >= 4 is 28.6 Å². The van der Waals surface area contributed by atoms with Crippen LogP contribution in [0.2, 0.25) is 5.28 Å². The van der Waals surface area contributed by atoms with Gasteiger partial charge in [-0.25, -0.2) is 9.37 Å². The quantitative estimate of drug-likeness (QED) is 0.691. The number of nitrogens with two attached hydrogens (primary N) is 1. The second-order valence-corrected chi connectivity index (χ2v) is 5.80. The van der Waals surface area contributed by atoms with Gasteiger partial charge in [-0.05, 0) is 11.6 Å². The molecule has 1 saturated heterocycles. The van der Waals surface area contributed by atoms with E-state index in [9.17, 15) is 14.6 Å². The van der Waals surface area contributed by atoms with Gasteiger partial charge in [0.25, 0.3) is 0 Å². The van der Waals surface area contributed by atoms with E-state index in [1.165, 1.54) is 17.8 Å². The number of hydrogen-bond acceptors (Lipinski definition) is 7. The van der Waals surface area contributed by atoms with Crippen molar-refractivity contribution in [3.05, 3.63) is 11.6 Å². The summed E-state index contributed by atoms with van der Waals surface area (Å²) in [5.74, 6) is 0.0748. The van der Waals surface area contributed by atoms with Gasteiger partial charge in [-0.3, -0.25) is 4.57 Å². The Morgan fingerprint density at radius 3 is 2.82 bits per heavy atom. The van der Waals surface area contributed by atoms with Crippen LogP contribution in [0.4, 0.5) is 10.2 Å². The number of alkyl halides is 1. The van der Waals surface area contributed by atoms with Gasteiger partial charge in [0.1, 0.15) is 5.52 Å². The summed E-state index contributed by atoms with van der Waals surface area (Å²) in [6, 6.07) is 0. The zero-order valence-corrected chi connectivity index (χ0v) is 12.4. The van der Waals surface area contributed by atoms with Crippen molar-refractivity contribution < 1.29 is 19.3 Å². The lowest BCUT2D eigenvalue weighted by molar-refractivity contribution is -0.0524. The van der Waals surface area contributed by atoms with Crippen LogP contribution < -0.4 is 5.73 Å². The van der Waals surface area contributed by atoms with Crippen molar-refractivity contribution in [1.29, 1.82) is 0 Å². The Kier molecular flexibility index (Phi) is 3.68. The topological polar surface area (TPSA) is 119 Å². The first-order chi connectivity index (χ1) is 10.4. The van der Waals surface area contributed by atoms with Crippen LogP contribution in [0.5, 0.6) is 0 Å². The van der Waals surface area contributed by atoms with Crippen molar-refractivity contribution in [2.24, 2.45) is 5.41 Å². The number of rotatable bonds is 3. The van der Waals surface area contributed by atoms with Crippen LogP contribution in [-0.2, 0) is 4.74 Å². The maximum absolute atomic E-state index is 14.8. The highest BCUT2D eigenvalue weighted by Crippen LogP contribution is 2.45. The first-order valence-corrected chi connectivity index (χ1v) is 6.97. The Balaban J connectivity index is 2.09. The molecular weight excluding hydrogens is 317 g/mol. The number of halogens is 2. The Morgan fingerprint density at radius 1 is 1.50 bits per heavy atom. The number of aliphatic hydroxyl groups is 2. The molecule has 3 heterocycles. The monoisotopic (exact) mass is 331 g/mol. The maximum Gasteiger partial charge on any atom is 0.226 e. The summed E-state index contributed by atoms with van der Waals surface area (Å²) in [5, 5.41) is 18.8. The van der Waals surface area contributed by atoms with E-state index in [1.54, 1.807) is 0 Å². The number of ether oxygens (including phenoxy) is 1. The summed E-state index contributed by atoms with van der Waals surface area (Å²) in [4.78, 5) is 11.8. The molecule has 4 atom stereocenters. The van der Waals surface area contributed by atoms with Crippen LogP contribution in [0, 0.1) is 5.41 Å². The van der Waals surface area contributed by atoms with Crippen molar-refractivity contribution in [2.45, 2.75) is 25.4 Å². The maximum atomic E-state index is 14.8. The van der Waals surface area contributed by atoms with Gasteiger partial charge in [-0.2, -0.15) is 9.97 Å². The van der Waals surface area contributed by atoms with Crippen molar-refractivity contribution in [3.63, 3.8) is 0 Å². The van der Waals surface area contributed by atoms with Crippen LogP contribution in [0.1, 0.15) is 13.2 Å². The fraction of sp³-hybridized carbons (Fsp3) is 0.583. The molecular formula is C12H15ClFN5O3. The molecule has 22 heavy (non-hydrogen) atoms. The Hall–Kier alpha value is -1.55. The number of aliphatic hydroxyl groups excluding tert-OH is 2. The highest BCUT2D eigenvalue weighted by Gasteiger charge is 2.54. The molecule has 8 nitrogen and oxygen atoms in total. The molecule has 10 heteroatoms. The molecule has 0 radical (unpaired) electrons. The molecule has 2 aromatic rings. The first kappa shape index (κ1) is 15.3. The number of fused-ring (bicyclic) bond motifs is 1. The molecule has 1 aliphatic heterocycles. The molecule has 1 aliphatic rings. The Labute approximate surface area is 129 Å². The predicted molar refractivity (Wildman–Crippen MR) is 75.8 cm³/mol. The number of aromatic nitrogens is 4. The zero-order chi connectivity index (χ0) is 16.1. The van der Waals surface area contributed by atoms with E-state index in [2.05, 4.69) is 15.0 Å². The molecule has 4 N–H and O–H groups in total. The van der Waals surface area contributed by atoms with E-state index < -0.39 is 37.1 Å². The van der Waals surface area contributed by atoms with Crippen molar-refractivity contribution in [3.8, 4) is 0 Å². The van der Waals surface area contributed by atoms with Crippen LogP contribution in [0.25, 0.3) is 11.2 Å². The lowest BCUT2D eigenvalue weighted by Gasteiger charge is -2.27. The van der Waals surface area contributed by atoms with Gasteiger partial charge < -0.3 is 20.7 Å². The molecule has 0 aliphatic carbocycles. The molecule has 0 amide bonds. The van der Waals surface area contributed by atoms with Crippen LogP contribution in [-0.4, -0.2) is 55.2 Å². The molecule has 2 unspecified atom stereocenters. The molecule has 2 aromatic heterocycles. The fourth-order valence-corrected chi connectivity index (χ4v) is 2.81. The van der Waals surface area contributed by atoms with Gasteiger partial charge in [0.05, 0.1) is 31.1 Å². The van der Waals surface area contributed by atoms with E-state index in [1.807, 2.05) is 0 Å². The van der Waals surface area contributed by atoms with E-state index in [4.69, 9.17) is 22.1 Å². The highest BCUT2D eigenvalue weighted by atomic mass is 35.5. The van der Waals surface area contributed by atoms with Crippen molar-refractivity contribution in [1.82, 2.24) is 19.5 Å². The highest BCUT2D eigenvalue weighted by molar-refractivity contribution is 6.28. The van der Waals surface area contributed by atoms with Gasteiger partial charge in [-0.15, -0.1) is 0 Å². The van der Waals surface area contributed by atoms with Crippen LogP contribution >= 0.6 is 11.6 Å². The lowest BCUT2D eigenvalue weighted by atomic mass is 9.82. The summed E-state index contributed by atoms with van der Waals surface area (Å²) in [5.41, 5.74) is 4.98. The fourth-order valence-electron chi connectivity index (χ4n) is 2.64. The number of nitrogens with zero attached hydrogens (tertiary/aromatic N) is 4. The summed E-state index contributed by atoms with van der Waals surface area (Å²) >= 11 is 5.78. The minimum atomic E-state index is -1.58. The minimum Gasteiger partial charge on any atom is -0.396 e. The standard InChI is InChI=1S/C12H15ClFN5O3/c1-12(3-21)5(2-20)22-10(7(12)14)19-4-16-6-8(15)17-11(13)18-9(6)19/h4-5,7,10,20-21H,2-3H2,1H3,(H2,15,17,18)/t5-,7?,10-,12?/m1/s1. The van der Waals surface area contributed by atoms with Gasteiger partial charge in [0.2, 0.25) is 5.28 Å². The first-order valence-electron chi connectivity index (χ1n) is 6.59. The molecule has 120 valence electrons. The number of anilines is 1. The van der Waals surface area contributed by atoms with Crippen molar-refractivity contribution in [2.75, 3.05) is 18.9 Å². The van der Waals surface area contributed by atoms with Gasteiger partial charge in [0.15, 0.2) is 23.9 Å². The largest absolute Gasteiger partial charge is 0.396 e. The summed E-state index contributed by atoms with van der Waals surface area (Å²) in [6.45, 7) is 0.618. The number of hydrogen-bond donors (Lipinski definition) is 3. The molecule has 0 aromatic carbocycles. The number of imidazole rings is 1. The van der Waals surface area contributed by atoms with Gasteiger partial charge in [0, 0.05) is 0 Å². The molecule has 0 spiro atoms. The van der Waals surface area contributed by atoms with E-state index >= 15 is 0 Å². The third kappa shape index (κ3) is 2.04. The lowest BCUT2D eigenvalue weighted by Crippen LogP contribution is -2.40. The minimum absolute atomic E-state index is 0.0748. The van der Waals surface area contributed by atoms with Gasteiger partial charge in [-0.1, -0.05) is 6.92 Å². The summed E-state index contributed by atoms with van der Waals surface area (Å²) < 4.78 is 21.7. The molecule has 0 saturated carbocycles. The predicted octanol–water partition coefficient (Wildman–Crippen LogP) is 0.288. The Morgan fingerprint density at radius 2 is 2.23 bits per heavy atom. The summed E-state index contributed by atoms with van der Waals surface area (Å²) in [6.07, 6.45) is -2.22. The number of nitrogen functional groups attached to an aromatic ring is 1. The van der Waals surface area contributed by atoms with Gasteiger partial charge >= 0.3 is 0 Å². The second kappa shape index (κ2) is 5.27. The SMILES string of the molecule is CC1(CO)C(F)[C@H](n2cnc3c(N)nc(Cl)nc32)O[C@@H]1CO. The zero-order valence-electron chi connectivity index (χ0n) is 11.6. The third-order valence-corrected chi connectivity index (χ3v) is 4.29. The smallest absolute Gasteiger partial charge is 0.226 e. The average Bonchev–Trinajstić information content (AvgIpc) is 3.00. The molecule has 1 fully saturated rings. The average molecular weight is 332 g/mol. The van der Waals surface area contributed by atoms with E-state index in [-0.39, 0.29) is 22.3 Å². The van der Waals surface area contributed by atoms with Crippen LogP contribution in [0.15, 0.2) is 6.33 Å².